The number of ether oxygens (including phenoxy) is 1. The van der Waals surface area contributed by atoms with Crippen LogP contribution < -0.4 is 11.1 Å². The van der Waals surface area contributed by atoms with Crippen molar-refractivity contribution in [3.63, 3.8) is 0 Å². The normalized spacial score (nSPS) is 45.2. The van der Waals surface area contributed by atoms with Crippen molar-refractivity contribution in [2.75, 3.05) is 13.1 Å². The highest BCUT2D eigenvalue weighted by molar-refractivity contribution is 5.83. The van der Waals surface area contributed by atoms with E-state index in [1.165, 1.54) is 32.1 Å². The van der Waals surface area contributed by atoms with Crippen LogP contribution in [0.1, 0.15) is 85.5 Å². The summed E-state index contributed by atoms with van der Waals surface area (Å²) in [6, 6.07) is 0. The zero-order valence-corrected chi connectivity index (χ0v) is 20.4. The molecule has 4 aliphatic rings. The van der Waals surface area contributed by atoms with Gasteiger partial charge in [0.25, 0.3) is 0 Å². The summed E-state index contributed by atoms with van der Waals surface area (Å²) in [5.74, 6) is 2.63. The van der Waals surface area contributed by atoms with E-state index >= 15 is 0 Å². The van der Waals surface area contributed by atoms with Gasteiger partial charge in [0.2, 0.25) is 5.91 Å². The van der Waals surface area contributed by atoms with E-state index in [1.54, 1.807) is 6.92 Å². The molecule has 0 spiro atoms. The third kappa shape index (κ3) is 3.91. The van der Waals surface area contributed by atoms with Gasteiger partial charge in [-0.3, -0.25) is 14.4 Å². The minimum atomic E-state index is -0.461. The van der Waals surface area contributed by atoms with Crippen LogP contribution in [-0.2, 0) is 19.1 Å². The van der Waals surface area contributed by atoms with E-state index in [1.807, 2.05) is 0 Å². The third-order valence-electron chi connectivity index (χ3n) is 10.4. The molecule has 0 bridgehead atoms. The number of fused-ring (bicyclic) bond motifs is 5. The van der Waals surface area contributed by atoms with Crippen LogP contribution in [0.2, 0.25) is 0 Å². The van der Waals surface area contributed by atoms with Crippen LogP contribution in [-0.4, -0.2) is 36.4 Å². The lowest BCUT2D eigenvalue weighted by Crippen LogP contribution is -2.56. The average molecular weight is 447 g/mol. The molecule has 4 aliphatic carbocycles. The summed E-state index contributed by atoms with van der Waals surface area (Å²) in [4.78, 5) is 36.0. The predicted molar refractivity (Wildman–Crippen MR) is 122 cm³/mol. The molecule has 8 atom stereocenters. The van der Waals surface area contributed by atoms with Crippen molar-refractivity contribution < 1.29 is 19.1 Å². The number of Topliss-reactive ketones (excluding diaryl/α,β-unsaturated/α-hetero) is 1. The fourth-order valence-electron chi connectivity index (χ4n) is 8.73. The molecule has 4 fully saturated rings. The molecule has 3 N–H and O–H groups in total. The lowest BCUT2D eigenvalue weighted by Gasteiger charge is -2.62. The van der Waals surface area contributed by atoms with Gasteiger partial charge in [-0.2, -0.15) is 0 Å². The van der Waals surface area contributed by atoms with Gasteiger partial charge >= 0.3 is 5.97 Å². The fraction of sp³-hybridized carbons (Fsp3) is 0.885. The molecule has 4 saturated carbocycles. The van der Waals surface area contributed by atoms with Crippen LogP contribution in [0, 0.1) is 40.4 Å². The Hall–Kier alpha value is -1.43. The van der Waals surface area contributed by atoms with Crippen molar-refractivity contribution in [1.29, 1.82) is 0 Å². The monoisotopic (exact) mass is 446 g/mol. The number of nitrogens with one attached hydrogen (secondary N) is 1. The Labute approximate surface area is 192 Å². The van der Waals surface area contributed by atoms with Crippen molar-refractivity contribution in [2.45, 2.75) is 91.1 Å². The highest BCUT2D eigenvalue weighted by Gasteiger charge is 2.61. The quantitative estimate of drug-likeness (QED) is 0.629. The van der Waals surface area contributed by atoms with Crippen LogP contribution in [0.4, 0.5) is 0 Å². The summed E-state index contributed by atoms with van der Waals surface area (Å²) in [5.41, 5.74) is 5.32. The summed E-state index contributed by atoms with van der Waals surface area (Å²) in [7, 11) is 0. The molecule has 4 rings (SSSR count). The van der Waals surface area contributed by atoms with Crippen molar-refractivity contribution in [1.82, 2.24) is 5.32 Å². The SMILES string of the molecule is CC(=O)[C@H]1CC[C@H]2[C@@H]3CC[C@H]4C[C@](C)(OC(=O)CNC(=O)CN)CC[C@]4(C)[C@H]3CC[C@]12C. The summed E-state index contributed by atoms with van der Waals surface area (Å²) in [6.45, 7) is 8.53. The predicted octanol–water partition coefficient (Wildman–Crippen LogP) is 3.61. The number of carbonyl (C=O) groups is 3. The Morgan fingerprint density at radius 1 is 0.938 bits per heavy atom. The van der Waals surface area contributed by atoms with E-state index in [4.69, 9.17) is 10.5 Å². The van der Waals surface area contributed by atoms with Gasteiger partial charge in [-0.1, -0.05) is 13.8 Å². The maximum atomic E-state index is 12.3. The van der Waals surface area contributed by atoms with Gasteiger partial charge in [-0.25, -0.2) is 0 Å². The first kappa shape index (κ1) is 23.7. The average Bonchev–Trinajstić information content (AvgIpc) is 3.10. The van der Waals surface area contributed by atoms with Crippen molar-refractivity contribution in [3.05, 3.63) is 0 Å². The number of amides is 1. The molecule has 0 aromatic heterocycles. The molecule has 0 aromatic carbocycles. The summed E-state index contributed by atoms with van der Waals surface area (Å²) >= 11 is 0. The van der Waals surface area contributed by atoms with E-state index in [2.05, 4.69) is 26.1 Å². The number of nitrogens with two attached hydrogens (primary N) is 1. The smallest absolute Gasteiger partial charge is 0.325 e. The van der Waals surface area contributed by atoms with Crippen molar-refractivity contribution >= 4 is 17.7 Å². The Morgan fingerprint density at radius 2 is 1.66 bits per heavy atom. The van der Waals surface area contributed by atoms with Gasteiger partial charge in [-0.05, 0) is 106 Å². The number of hydrogen-bond acceptors (Lipinski definition) is 5. The van der Waals surface area contributed by atoms with Gasteiger partial charge in [0.05, 0.1) is 6.54 Å². The van der Waals surface area contributed by atoms with E-state index in [9.17, 15) is 14.4 Å². The van der Waals surface area contributed by atoms with Gasteiger partial charge in [0.15, 0.2) is 0 Å². The van der Waals surface area contributed by atoms with Crippen LogP contribution in [0.3, 0.4) is 0 Å². The second-order valence-electron chi connectivity index (χ2n) is 12.1. The summed E-state index contributed by atoms with van der Waals surface area (Å²) in [6.07, 6.45) is 9.99. The first-order valence-electron chi connectivity index (χ1n) is 12.7. The Bertz CT molecular complexity index is 784. The van der Waals surface area contributed by atoms with Crippen molar-refractivity contribution in [3.8, 4) is 0 Å². The van der Waals surface area contributed by atoms with E-state index < -0.39 is 5.60 Å². The molecule has 0 saturated heterocycles. The van der Waals surface area contributed by atoms with E-state index in [-0.39, 0.29) is 41.7 Å². The third-order valence-corrected chi connectivity index (χ3v) is 10.4. The topological polar surface area (TPSA) is 98.5 Å². The van der Waals surface area contributed by atoms with E-state index in [0.29, 0.717) is 23.5 Å². The van der Waals surface area contributed by atoms with Crippen molar-refractivity contribution in [2.24, 2.45) is 46.2 Å². The molecule has 6 heteroatoms. The van der Waals surface area contributed by atoms with Gasteiger partial charge in [0.1, 0.15) is 17.9 Å². The first-order valence-corrected chi connectivity index (χ1v) is 12.7. The standard InChI is InChI=1S/C26H42N2O4/c1-16(29)19-7-8-20-18-6-5-17-13-24(2,32-23(31)15-28-22(30)14-27)11-12-25(17,3)21(18)9-10-26(19,20)4/h17-21H,5-15,27H2,1-4H3,(H,28,30)/t17-,18-,19+,20-,21-,24+,25-,26+/m0/s1. The minimum Gasteiger partial charge on any atom is -0.458 e. The maximum absolute atomic E-state index is 12.3. The molecular formula is C26H42N2O4. The Balaban J connectivity index is 1.43. The Kier molecular flexibility index (Phi) is 6.23. The number of esters is 1. The largest absolute Gasteiger partial charge is 0.458 e. The minimum absolute atomic E-state index is 0.115. The van der Waals surface area contributed by atoms with Gasteiger partial charge < -0.3 is 15.8 Å². The Morgan fingerprint density at radius 3 is 2.34 bits per heavy atom. The molecule has 0 aromatic rings. The number of rotatable bonds is 5. The zero-order chi connectivity index (χ0) is 23.3. The molecule has 32 heavy (non-hydrogen) atoms. The summed E-state index contributed by atoms with van der Waals surface area (Å²) < 4.78 is 5.90. The molecule has 0 heterocycles. The second-order valence-corrected chi connectivity index (χ2v) is 12.1. The van der Waals surface area contributed by atoms with E-state index in [0.717, 1.165) is 31.6 Å². The number of ketones is 1. The first-order chi connectivity index (χ1) is 15.0. The zero-order valence-electron chi connectivity index (χ0n) is 20.4. The van der Waals surface area contributed by atoms with Crippen LogP contribution in [0.5, 0.6) is 0 Å². The maximum Gasteiger partial charge on any atom is 0.325 e. The molecular weight excluding hydrogens is 404 g/mol. The number of hydrogen-bond donors (Lipinski definition) is 2. The second kappa shape index (κ2) is 8.41. The summed E-state index contributed by atoms with van der Waals surface area (Å²) in [5, 5.41) is 2.51. The van der Waals surface area contributed by atoms with Crippen LogP contribution >= 0.6 is 0 Å². The molecule has 0 aliphatic heterocycles. The van der Waals surface area contributed by atoms with Crippen LogP contribution in [0.15, 0.2) is 0 Å². The molecule has 180 valence electrons. The molecule has 0 radical (unpaired) electrons. The van der Waals surface area contributed by atoms with Gasteiger partial charge in [-0.15, -0.1) is 0 Å². The lowest BCUT2D eigenvalue weighted by atomic mass is 9.44. The molecule has 6 nitrogen and oxygen atoms in total. The fourth-order valence-corrected chi connectivity index (χ4v) is 8.73. The number of carbonyl (C=O) groups excluding carboxylic acids is 3. The highest BCUT2D eigenvalue weighted by Crippen LogP contribution is 2.68. The molecule has 0 unspecified atom stereocenters. The lowest BCUT2D eigenvalue weighted by molar-refractivity contribution is -0.180. The van der Waals surface area contributed by atoms with Gasteiger partial charge in [0, 0.05) is 5.92 Å². The molecule has 1 amide bonds. The highest BCUT2D eigenvalue weighted by atomic mass is 16.6. The van der Waals surface area contributed by atoms with Crippen LogP contribution in [0.25, 0.3) is 0 Å².